The Morgan fingerprint density at radius 2 is 2.00 bits per heavy atom. The van der Waals surface area contributed by atoms with E-state index in [1.165, 1.54) is 0 Å². The summed E-state index contributed by atoms with van der Waals surface area (Å²) in [5.41, 5.74) is 6.43. The molecule has 6 heteroatoms. The number of rotatable bonds is 9. The van der Waals surface area contributed by atoms with Crippen LogP contribution in [-0.4, -0.2) is 30.3 Å². The van der Waals surface area contributed by atoms with E-state index in [9.17, 15) is 0 Å². The van der Waals surface area contributed by atoms with Gasteiger partial charge in [0.15, 0.2) is 0 Å². The quantitative estimate of drug-likeness (QED) is 0.282. The second-order valence-electron chi connectivity index (χ2n) is 4.57. The number of nitrogens with zero attached hydrogens (tertiary/aromatic N) is 1. The summed E-state index contributed by atoms with van der Waals surface area (Å²) >= 11 is 0. The van der Waals surface area contributed by atoms with Crippen LogP contribution in [0.25, 0.3) is 0 Å². The standard InChI is InChI=1S/C15H25N3O3/c1-4-11(9-15(16)18-19)17-13-10-12(20-5-2)7-8-14(13)21-6-3/h7-8,10-11,17,19H,4-6,9H2,1-3H3,(H2,16,18). The number of anilines is 1. The number of nitrogens with two attached hydrogens (primary N) is 1. The molecule has 0 heterocycles. The molecule has 0 spiro atoms. The van der Waals surface area contributed by atoms with E-state index in [1.54, 1.807) is 0 Å². The summed E-state index contributed by atoms with van der Waals surface area (Å²) in [7, 11) is 0. The Bertz CT molecular complexity index is 463. The Hall–Kier alpha value is -2.11. The average molecular weight is 295 g/mol. The fourth-order valence-electron chi connectivity index (χ4n) is 1.97. The highest BCUT2D eigenvalue weighted by molar-refractivity contribution is 5.80. The first-order valence-electron chi connectivity index (χ1n) is 7.27. The Morgan fingerprint density at radius 1 is 1.29 bits per heavy atom. The number of oxime groups is 1. The summed E-state index contributed by atoms with van der Waals surface area (Å²) in [5.74, 6) is 1.74. The predicted molar refractivity (Wildman–Crippen MR) is 84.5 cm³/mol. The average Bonchev–Trinajstić information content (AvgIpc) is 2.49. The van der Waals surface area contributed by atoms with Crippen molar-refractivity contribution >= 4 is 11.5 Å². The molecule has 0 saturated carbocycles. The molecule has 0 aliphatic rings. The maximum atomic E-state index is 8.69. The largest absolute Gasteiger partial charge is 0.494 e. The molecule has 21 heavy (non-hydrogen) atoms. The third-order valence-electron chi connectivity index (χ3n) is 3.00. The first kappa shape index (κ1) is 16.9. The SMILES string of the molecule is CCOc1ccc(OCC)c(NC(CC)CC(N)=NO)c1. The van der Waals surface area contributed by atoms with Gasteiger partial charge in [0.2, 0.25) is 0 Å². The summed E-state index contributed by atoms with van der Waals surface area (Å²) < 4.78 is 11.1. The van der Waals surface area contributed by atoms with Gasteiger partial charge in [0, 0.05) is 18.5 Å². The highest BCUT2D eigenvalue weighted by atomic mass is 16.5. The molecule has 0 fully saturated rings. The van der Waals surface area contributed by atoms with Crippen LogP contribution in [0.3, 0.4) is 0 Å². The van der Waals surface area contributed by atoms with E-state index in [-0.39, 0.29) is 11.9 Å². The highest BCUT2D eigenvalue weighted by Gasteiger charge is 2.13. The van der Waals surface area contributed by atoms with Crippen molar-refractivity contribution in [2.24, 2.45) is 10.9 Å². The van der Waals surface area contributed by atoms with Crippen LogP contribution in [0.15, 0.2) is 23.4 Å². The Kier molecular flexibility index (Phi) is 7.21. The topological polar surface area (TPSA) is 89.1 Å². The van der Waals surface area contributed by atoms with Crippen LogP contribution in [0.5, 0.6) is 11.5 Å². The molecule has 4 N–H and O–H groups in total. The fraction of sp³-hybridized carbons (Fsp3) is 0.533. The van der Waals surface area contributed by atoms with Gasteiger partial charge in [-0.2, -0.15) is 0 Å². The van der Waals surface area contributed by atoms with Crippen LogP contribution in [0.4, 0.5) is 5.69 Å². The molecule has 6 nitrogen and oxygen atoms in total. The molecule has 0 bridgehead atoms. The van der Waals surface area contributed by atoms with E-state index < -0.39 is 0 Å². The van der Waals surface area contributed by atoms with Crippen molar-refractivity contribution in [3.63, 3.8) is 0 Å². The van der Waals surface area contributed by atoms with E-state index in [2.05, 4.69) is 10.5 Å². The zero-order chi connectivity index (χ0) is 15.7. The minimum Gasteiger partial charge on any atom is -0.494 e. The van der Waals surface area contributed by atoms with E-state index in [4.69, 9.17) is 20.4 Å². The molecular formula is C15H25N3O3. The second kappa shape index (κ2) is 8.94. The zero-order valence-electron chi connectivity index (χ0n) is 12.9. The van der Waals surface area contributed by atoms with Gasteiger partial charge in [-0.3, -0.25) is 0 Å². The number of hydrogen-bond acceptors (Lipinski definition) is 5. The molecule has 1 aromatic rings. The first-order valence-corrected chi connectivity index (χ1v) is 7.27. The van der Waals surface area contributed by atoms with Gasteiger partial charge in [0.05, 0.1) is 18.9 Å². The van der Waals surface area contributed by atoms with Crippen molar-refractivity contribution in [2.75, 3.05) is 18.5 Å². The van der Waals surface area contributed by atoms with Crippen LogP contribution in [0, 0.1) is 0 Å². The highest BCUT2D eigenvalue weighted by Crippen LogP contribution is 2.30. The lowest BCUT2D eigenvalue weighted by Gasteiger charge is -2.20. The minimum atomic E-state index is 0.0528. The first-order chi connectivity index (χ1) is 10.1. The molecular weight excluding hydrogens is 270 g/mol. The summed E-state index contributed by atoms with van der Waals surface area (Å²) in [4.78, 5) is 0. The second-order valence-corrected chi connectivity index (χ2v) is 4.57. The number of amidine groups is 1. The molecule has 0 radical (unpaired) electrons. The number of benzene rings is 1. The maximum Gasteiger partial charge on any atom is 0.142 e. The molecule has 0 aromatic heterocycles. The lowest BCUT2D eigenvalue weighted by Crippen LogP contribution is -2.26. The zero-order valence-corrected chi connectivity index (χ0v) is 12.9. The summed E-state index contributed by atoms with van der Waals surface area (Å²) in [5, 5.41) is 15.1. The van der Waals surface area contributed by atoms with Crippen molar-refractivity contribution in [3.8, 4) is 11.5 Å². The Labute approximate surface area is 125 Å². The Morgan fingerprint density at radius 3 is 2.57 bits per heavy atom. The number of nitrogens with one attached hydrogen (secondary N) is 1. The van der Waals surface area contributed by atoms with Crippen molar-refractivity contribution in [1.29, 1.82) is 0 Å². The van der Waals surface area contributed by atoms with Crippen LogP contribution < -0.4 is 20.5 Å². The van der Waals surface area contributed by atoms with Crippen LogP contribution in [0.1, 0.15) is 33.6 Å². The molecule has 1 rings (SSSR count). The maximum absolute atomic E-state index is 8.69. The molecule has 1 unspecified atom stereocenters. The van der Waals surface area contributed by atoms with E-state index in [0.717, 1.165) is 23.6 Å². The van der Waals surface area contributed by atoms with Crippen molar-refractivity contribution in [2.45, 2.75) is 39.7 Å². The Balaban J connectivity index is 2.92. The van der Waals surface area contributed by atoms with E-state index in [1.807, 2.05) is 39.0 Å². The molecule has 1 aromatic carbocycles. The van der Waals surface area contributed by atoms with E-state index >= 15 is 0 Å². The number of ether oxygens (including phenoxy) is 2. The van der Waals surface area contributed by atoms with Crippen LogP contribution in [0.2, 0.25) is 0 Å². The van der Waals surface area contributed by atoms with E-state index in [0.29, 0.717) is 19.6 Å². The molecule has 118 valence electrons. The molecule has 0 aliphatic carbocycles. The van der Waals surface area contributed by atoms with Gasteiger partial charge >= 0.3 is 0 Å². The lowest BCUT2D eigenvalue weighted by atomic mass is 10.1. The van der Waals surface area contributed by atoms with Crippen LogP contribution in [-0.2, 0) is 0 Å². The van der Waals surface area contributed by atoms with Gasteiger partial charge in [-0.05, 0) is 32.4 Å². The van der Waals surface area contributed by atoms with Gasteiger partial charge in [-0.1, -0.05) is 12.1 Å². The third kappa shape index (κ3) is 5.41. The molecule has 0 saturated heterocycles. The molecule has 1 atom stereocenters. The van der Waals surface area contributed by atoms with Gasteiger partial charge in [-0.25, -0.2) is 0 Å². The monoisotopic (exact) mass is 295 g/mol. The van der Waals surface area contributed by atoms with Crippen molar-refractivity contribution < 1.29 is 14.7 Å². The van der Waals surface area contributed by atoms with Crippen molar-refractivity contribution in [1.82, 2.24) is 0 Å². The predicted octanol–water partition coefficient (Wildman–Crippen LogP) is 2.81. The fourth-order valence-corrected chi connectivity index (χ4v) is 1.97. The van der Waals surface area contributed by atoms with Crippen molar-refractivity contribution in [3.05, 3.63) is 18.2 Å². The van der Waals surface area contributed by atoms with Gasteiger partial charge in [-0.15, -0.1) is 0 Å². The summed E-state index contributed by atoms with van der Waals surface area (Å²) in [6, 6.07) is 5.72. The van der Waals surface area contributed by atoms with Gasteiger partial charge in [0.25, 0.3) is 0 Å². The van der Waals surface area contributed by atoms with Crippen LogP contribution >= 0.6 is 0 Å². The third-order valence-corrected chi connectivity index (χ3v) is 3.00. The number of hydrogen-bond donors (Lipinski definition) is 3. The lowest BCUT2D eigenvalue weighted by molar-refractivity contribution is 0.316. The van der Waals surface area contributed by atoms with Gasteiger partial charge in [0.1, 0.15) is 17.3 Å². The van der Waals surface area contributed by atoms with Gasteiger partial charge < -0.3 is 25.7 Å². The summed E-state index contributed by atoms with van der Waals surface area (Å²) in [6.45, 7) is 7.11. The normalized spacial score (nSPS) is 12.8. The smallest absolute Gasteiger partial charge is 0.142 e. The summed E-state index contributed by atoms with van der Waals surface area (Å²) in [6.07, 6.45) is 1.29. The molecule has 0 amide bonds. The molecule has 0 aliphatic heterocycles. The minimum absolute atomic E-state index is 0.0528.